The first-order valence-corrected chi connectivity index (χ1v) is 14.2. The lowest BCUT2D eigenvalue weighted by molar-refractivity contribution is 0.00281. The molecule has 0 bridgehead atoms. The van der Waals surface area contributed by atoms with Crippen LogP contribution < -0.4 is 4.90 Å². The molecule has 2 fully saturated rings. The summed E-state index contributed by atoms with van der Waals surface area (Å²) in [4.78, 5) is 28.2. The minimum Gasteiger partial charge on any atom is -0.497 e. The van der Waals surface area contributed by atoms with E-state index in [0.29, 0.717) is 50.4 Å². The molecule has 0 aromatic heterocycles. The molecule has 1 spiro atoms. The molecule has 8 nitrogen and oxygen atoms in total. The van der Waals surface area contributed by atoms with Crippen LogP contribution in [0.5, 0.6) is 0 Å². The Kier molecular flexibility index (Phi) is 8.47. The quantitative estimate of drug-likeness (QED) is 0.420. The van der Waals surface area contributed by atoms with Crippen molar-refractivity contribution in [1.82, 2.24) is 4.90 Å². The summed E-state index contributed by atoms with van der Waals surface area (Å²) < 4.78 is 31.8. The standard InChI is InChI=1S/C32H37FN2O6/c1-4-39-27-17-22(18-28(40-5-2)29(27)23-6-8-24(33)9-7-23)19-34-14-12-32(13-15-34)20-35(31(38)41-32)25-10-11-26(30(36)37)21(3)16-25/h6-11,16-18,27,29H,4-5,12-15,19-20H2,1-3H3,(H,36,37). The van der Waals surface area contributed by atoms with Crippen LogP contribution in [0.2, 0.25) is 0 Å². The van der Waals surface area contributed by atoms with Gasteiger partial charge in [0.05, 0.1) is 30.7 Å². The van der Waals surface area contributed by atoms with Gasteiger partial charge in [-0.3, -0.25) is 9.80 Å². The number of ether oxygens (including phenoxy) is 3. The van der Waals surface area contributed by atoms with Gasteiger partial charge >= 0.3 is 12.1 Å². The molecular weight excluding hydrogens is 527 g/mol. The normalized spacial score (nSPS) is 22.3. The fraction of sp³-hybridized carbons (Fsp3) is 0.438. The molecule has 2 heterocycles. The maximum atomic E-state index is 13.6. The van der Waals surface area contributed by atoms with E-state index < -0.39 is 17.7 Å². The SMILES string of the molecule is CCOC1=CC(CN2CCC3(CC2)CN(c2ccc(C(=O)O)c(C)c2)C(=O)O3)=CC(OCC)C1c1ccc(F)cc1. The van der Waals surface area contributed by atoms with E-state index in [1.165, 1.54) is 18.2 Å². The maximum absolute atomic E-state index is 13.6. The van der Waals surface area contributed by atoms with Gasteiger partial charge in [-0.05, 0) is 73.9 Å². The Labute approximate surface area is 240 Å². The van der Waals surface area contributed by atoms with Crippen LogP contribution in [-0.2, 0) is 14.2 Å². The van der Waals surface area contributed by atoms with Crippen molar-refractivity contribution in [2.75, 3.05) is 44.3 Å². The molecule has 2 saturated heterocycles. The number of aromatic carboxylic acids is 1. The molecule has 1 N–H and O–H groups in total. The Hall–Kier alpha value is -3.69. The van der Waals surface area contributed by atoms with Crippen molar-refractivity contribution in [3.8, 4) is 0 Å². The Balaban J connectivity index is 1.26. The first-order chi connectivity index (χ1) is 19.7. The third-order valence-corrected chi connectivity index (χ3v) is 8.14. The van der Waals surface area contributed by atoms with Crippen molar-refractivity contribution in [2.45, 2.75) is 51.2 Å². The van der Waals surface area contributed by atoms with Crippen molar-refractivity contribution >= 4 is 17.7 Å². The molecule has 2 unspecified atom stereocenters. The van der Waals surface area contributed by atoms with Crippen LogP contribution in [0.4, 0.5) is 14.9 Å². The van der Waals surface area contributed by atoms with E-state index in [9.17, 15) is 19.1 Å². The summed E-state index contributed by atoms with van der Waals surface area (Å²) in [6.07, 6.45) is 4.99. The number of nitrogens with zero attached hydrogens (tertiary/aromatic N) is 2. The summed E-state index contributed by atoms with van der Waals surface area (Å²) in [5.74, 6) is -0.605. The number of carbonyl (C=O) groups is 2. The number of carboxylic acids is 1. The molecule has 2 aromatic carbocycles. The topological polar surface area (TPSA) is 88.5 Å². The molecule has 0 radical (unpaired) electrons. The van der Waals surface area contributed by atoms with E-state index in [4.69, 9.17) is 14.2 Å². The van der Waals surface area contributed by atoms with Gasteiger partial charge in [-0.15, -0.1) is 0 Å². The average Bonchev–Trinajstić information content (AvgIpc) is 3.26. The molecule has 9 heteroatoms. The lowest BCUT2D eigenvalue weighted by atomic mass is 9.85. The second kappa shape index (κ2) is 12.0. The highest BCUT2D eigenvalue weighted by molar-refractivity contribution is 5.93. The number of carboxylic acid groups (broad SMARTS) is 1. The third kappa shape index (κ3) is 6.16. The number of piperidine rings is 1. The Morgan fingerprint density at radius 1 is 1.12 bits per heavy atom. The maximum Gasteiger partial charge on any atom is 0.415 e. The molecule has 1 amide bonds. The van der Waals surface area contributed by atoms with Gasteiger partial charge in [0.25, 0.3) is 0 Å². The zero-order chi connectivity index (χ0) is 29.1. The van der Waals surface area contributed by atoms with Crippen LogP contribution in [0.3, 0.4) is 0 Å². The third-order valence-electron chi connectivity index (χ3n) is 8.14. The van der Waals surface area contributed by atoms with Crippen LogP contribution in [0.1, 0.15) is 54.1 Å². The molecule has 2 atom stereocenters. The average molecular weight is 565 g/mol. The highest BCUT2D eigenvalue weighted by Crippen LogP contribution is 2.39. The predicted molar refractivity (Wildman–Crippen MR) is 153 cm³/mol. The van der Waals surface area contributed by atoms with Gasteiger partial charge in [-0.1, -0.05) is 18.2 Å². The molecule has 5 rings (SSSR count). The van der Waals surface area contributed by atoms with Crippen LogP contribution in [-0.4, -0.2) is 73.2 Å². The summed E-state index contributed by atoms with van der Waals surface area (Å²) in [5.41, 5.74) is 2.95. The minimum atomic E-state index is -0.989. The first-order valence-electron chi connectivity index (χ1n) is 14.2. The number of hydrogen-bond acceptors (Lipinski definition) is 6. The molecule has 0 saturated carbocycles. The van der Waals surface area contributed by atoms with Crippen molar-refractivity contribution in [3.05, 3.63) is 88.5 Å². The second-order valence-corrected chi connectivity index (χ2v) is 10.9. The van der Waals surface area contributed by atoms with Gasteiger partial charge in [-0.2, -0.15) is 0 Å². The zero-order valence-corrected chi connectivity index (χ0v) is 23.8. The minimum absolute atomic E-state index is 0.152. The first kappa shape index (κ1) is 28.8. The van der Waals surface area contributed by atoms with E-state index in [1.807, 2.05) is 13.8 Å². The number of amides is 1. The smallest absolute Gasteiger partial charge is 0.415 e. The Morgan fingerprint density at radius 3 is 2.49 bits per heavy atom. The molecule has 3 aliphatic rings. The van der Waals surface area contributed by atoms with E-state index in [2.05, 4.69) is 17.1 Å². The number of anilines is 1. The Morgan fingerprint density at radius 2 is 1.85 bits per heavy atom. The van der Waals surface area contributed by atoms with Crippen molar-refractivity contribution in [2.24, 2.45) is 0 Å². The number of hydrogen-bond donors (Lipinski definition) is 1. The second-order valence-electron chi connectivity index (χ2n) is 10.9. The van der Waals surface area contributed by atoms with Gasteiger partial charge < -0.3 is 19.3 Å². The fourth-order valence-electron chi connectivity index (χ4n) is 6.06. The summed E-state index contributed by atoms with van der Waals surface area (Å²) in [6.45, 7) is 9.36. The number of carbonyl (C=O) groups excluding carboxylic acids is 1. The number of likely N-dealkylation sites (tertiary alicyclic amines) is 1. The highest BCUT2D eigenvalue weighted by atomic mass is 19.1. The largest absolute Gasteiger partial charge is 0.497 e. The van der Waals surface area contributed by atoms with Gasteiger partial charge in [0.15, 0.2) is 0 Å². The number of aryl methyl sites for hydroxylation is 1. The number of halogens is 1. The number of benzene rings is 2. The van der Waals surface area contributed by atoms with Crippen molar-refractivity contribution < 1.29 is 33.3 Å². The summed E-state index contributed by atoms with van der Waals surface area (Å²) in [6, 6.07) is 11.4. The molecule has 41 heavy (non-hydrogen) atoms. The van der Waals surface area contributed by atoms with Crippen LogP contribution in [0.25, 0.3) is 0 Å². The van der Waals surface area contributed by atoms with Gasteiger partial charge in [-0.25, -0.2) is 14.0 Å². The summed E-state index contributed by atoms with van der Waals surface area (Å²) in [7, 11) is 0. The molecule has 2 aliphatic heterocycles. The van der Waals surface area contributed by atoms with Crippen molar-refractivity contribution in [3.63, 3.8) is 0 Å². The Bertz CT molecular complexity index is 1350. The molecule has 2 aromatic rings. The van der Waals surface area contributed by atoms with Gasteiger partial charge in [0.2, 0.25) is 0 Å². The van der Waals surface area contributed by atoms with Gasteiger partial charge in [0, 0.05) is 44.8 Å². The molecular formula is C32H37FN2O6. The lowest BCUT2D eigenvalue weighted by Crippen LogP contribution is -2.47. The van der Waals surface area contributed by atoms with Crippen LogP contribution in [0, 0.1) is 12.7 Å². The summed E-state index contributed by atoms with van der Waals surface area (Å²) >= 11 is 0. The monoisotopic (exact) mass is 564 g/mol. The van der Waals surface area contributed by atoms with E-state index in [0.717, 1.165) is 30.0 Å². The van der Waals surface area contributed by atoms with Crippen LogP contribution >= 0.6 is 0 Å². The van der Waals surface area contributed by atoms with E-state index in [1.54, 1.807) is 36.1 Å². The predicted octanol–water partition coefficient (Wildman–Crippen LogP) is 5.67. The summed E-state index contributed by atoms with van der Waals surface area (Å²) in [5, 5.41) is 9.33. The fourth-order valence-corrected chi connectivity index (χ4v) is 6.06. The lowest BCUT2D eigenvalue weighted by Gasteiger charge is -2.38. The van der Waals surface area contributed by atoms with Crippen molar-refractivity contribution in [1.29, 1.82) is 0 Å². The molecule has 1 aliphatic carbocycles. The molecule has 218 valence electrons. The zero-order valence-electron chi connectivity index (χ0n) is 23.8. The van der Waals surface area contributed by atoms with E-state index >= 15 is 0 Å². The van der Waals surface area contributed by atoms with E-state index in [-0.39, 0.29) is 23.4 Å². The highest BCUT2D eigenvalue weighted by Gasteiger charge is 2.47. The number of rotatable bonds is 9. The van der Waals surface area contributed by atoms with Crippen LogP contribution in [0.15, 0.2) is 65.9 Å². The van der Waals surface area contributed by atoms with Gasteiger partial charge in [0.1, 0.15) is 17.2 Å².